The minimum absolute atomic E-state index is 0.238. The molecule has 1 saturated carbocycles. The first-order chi connectivity index (χ1) is 11.8. The van der Waals surface area contributed by atoms with Gasteiger partial charge < -0.3 is 19.5 Å². The zero-order valence-electron chi connectivity index (χ0n) is 15.3. The standard InChI is InChI=1S/C19H28N2O4/c1-19(2,3)25-18(23)21-11-5-4-6-15(21)17(22)14-12-20-10-9-16(14)24-13-7-8-13/h9-10,12-13,15,17,22H,4-8,11H2,1-3H3/t15-,17?/m1/s1. The molecule has 0 bridgehead atoms. The number of aliphatic hydroxyl groups excluding tert-OH is 1. The van der Waals surface area contributed by atoms with E-state index in [-0.39, 0.29) is 18.2 Å². The molecule has 25 heavy (non-hydrogen) atoms. The van der Waals surface area contributed by atoms with Crippen molar-refractivity contribution in [2.75, 3.05) is 6.54 Å². The maximum atomic E-state index is 12.6. The number of likely N-dealkylation sites (tertiary alicyclic amines) is 1. The highest BCUT2D eigenvalue weighted by Gasteiger charge is 2.37. The zero-order chi connectivity index (χ0) is 18.0. The van der Waals surface area contributed by atoms with Gasteiger partial charge in [0.25, 0.3) is 0 Å². The van der Waals surface area contributed by atoms with Gasteiger partial charge in [0, 0.05) is 24.5 Å². The molecule has 138 valence electrons. The summed E-state index contributed by atoms with van der Waals surface area (Å²) in [6, 6.07) is 1.46. The van der Waals surface area contributed by atoms with Crippen LogP contribution in [-0.4, -0.2) is 45.4 Å². The minimum atomic E-state index is -0.838. The monoisotopic (exact) mass is 348 g/mol. The molecular formula is C19H28N2O4. The van der Waals surface area contributed by atoms with Crippen LogP contribution in [0.5, 0.6) is 5.75 Å². The third-order valence-corrected chi connectivity index (χ3v) is 4.49. The molecule has 2 heterocycles. The first-order valence-electron chi connectivity index (χ1n) is 9.13. The van der Waals surface area contributed by atoms with Crippen molar-refractivity contribution < 1.29 is 19.4 Å². The van der Waals surface area contributed by atoms with Crippen LogP contribution in [0.4, 0.5) is 4.79 Å². The maximum Gasteiger partial charge on any atom is 0.410 e. The summed E-state index contributed by atoms with van der Waals surface area (Å²) in [4.78, 5) is 18.4. The highest BCUT2D eigenvalue weighted by atomic mass is 16.6. The van der Waals surface area contributed by atoms with Crippen LogP contribution >= 0.6 is 0 Å². The van der Waals surface area contributed by atoms with E-state index in [2.05, 4.69) is 4.98 Å². The number of carbonyl (C=O) groups excluding carboxylic acids is 1. The molecule has 0 spiro atoms. The van der Waals surface area contributed by atoms with E-state index in [0.29, 0.717) is 17.9 Å². The van der Waals surface area contributed by atoms with Gasteiger partial charge >= 0.3 is 6.09 Å². The van der Waals surface area contributed by atoms with Gasteiger partial charge in [-0.15, -0.1) is 0 Å². The molecule has 1 N–H and O–H groups in total. The summed E-state index contributed by atoms with van der Waals surface area (Å²) < 4.78 is 11.4. The van der Waals surface area contributed by atoms with Crippen LogP contribution in [-0.2, 0) is 4.74 Å². The lowest BCUT2D eigenvalue weighted by atomic mass is 9.93. The van der Waals surface area contributed by atoms with Crippen molar-refractivity contribution in [2.45, 2.75) is 76.7 Å². The van der Waals surface area contributed by atoms with Crippen LogP contribution < -0.4 is 4.74 Å². The van der Waals surface area contributed by atoms with Crippen molar-refractivity contribution in [3.8, 4) is 5.75 Å². The molecular weight excluding hydrogens is 320 g/mol. The minimum Gasteiger partial charge on any atom is -0.490 e. The van der Waals surface area contributed by atoms with Gasteiger partial charge in [-0.3, -0.25) is 4.98 Å². The van der Waals surface area contributed by atoms with Gasteiger partial charge in [-0.1, -0.05) is 0 Å². The van der Waals surface area contributed by atoms with Crippen LogP contribution in [0.1, 0.15) is 64.5 Å². The summed E-state index contributed by atoms with van der Waals surface area (Å²) in [5, 5.41) is 11.0. The van der Waals surface area contributed by atoms with E-state index in [1.807, 2.05) is 20.8 Å². The van der Waals surface area contributed by atoms with E-state index in [9.17, 15) is 9.90 Å². The van der Waals surface area contributed by atoms with E-state index in [1.165, 1.54) is 0 Å². The molecule has 1 amide bonds. The second-order valence-electron chi connectivity index (χ2n) is 7.91. The van der Waals surface area contributed by atoms with Gasteiger partial charge in [0.05, 0.1) is 12.1 Å². The number of pyridine rings is 1. The van der Waals surface area contributed by atoms with Crippen LogP contribution in [0.3, 0.4) is 0 Å². The molecule has 3 rings (SSSR count). The number of aromatic nitrogens is 1. The van der Waals surface area contributed by atoms with Crippen LogP contribution in [0.2, 0.25) is 0 Å². The number of rotatable bonds is 4. The van der Waals surface area contributed by atoms with E-state index < -0.39 is 11.7 Å². The number of hydrogen-bond donors (Lipinski definition) is 1. The molecule has 1 aliphatic heterocycles. The Kier molecular flexibility index (Phi) is 5.18. The second-order valence-corrected chi connectivity index (χ2v) is 7.91. The first-order valence-corrected chi connectivity index (χ1v) is 9.13. The molecule has 1 unspecified atom stereocenters. The van der Waals surface area contributed by atoms with Gasteiger partial charge in [-0.25, -0.2) is 4.79 Å². The highest BCUT2D eigenvalue weighted by molar-refractivity contribution is 5.69. The number of piperidine rings is 1. The molecule has 1 aromatic rings. The van der Waals surface area contributed by atoms with E-state index >= 15 is 0 Å². The molecule has 2 fully saturated rings. The summed E-state index contributed by atoms with van der Waals surface area (Å²) >= 11 is 0. The normalized spacial score (nSPS) is 22.4. The largest absolute Gasteiger partial charge is 0.490 e. The van der Waals surface area contributed by atoms with Crippen LogP contribution in [0.25, 0.3) is 0 Å². The molecule has 1 aromatic heterocycles. The third kappa shape index (κ3) is 4.63. The Bertz CT molecular complexity index is 610. The lowest BCUT2D eigenvalue weighted by Crippen LogP contribution is -2.48. The second kappa shape index (κ2) is 7.20. The predicted octanol–water partition coefficient (Wildman–Crippen LogP) is 3.45. The van der Waals surface area contributed by atoms with Crippen LogP contribution in [0.15, 0.2) is 18.5 Å². The zero-order valence-corrected chi connectivity index (χ0v) is 15.3. The highest BCUT2D eigenvalue weighted by Crippen LogP contribution is 2.36. The molecule has 6 nitrogen and oxygen atoms in total. The quantitative estimate of drug-likeness (QED) is 0.902. The Morgan fingerprint density at radius 3 is 2.76 bits per heavy atom. The Labute approximate surface area is 149 Å². The average Bonchev–Trinajstić information content (AvgIpc) is 3.37. The molecule has 0 aromatic carbocycles. The van der Waals surface area contributed by atoms with Crippen molar-refractivity contribution in [3.05, 3.63) is 24.0 Å². The van der Waals surface area contributed by atoms with E-state index in [0.717, 1.165) is 32.1 Å². The Morgan fingerprint density at radius 2 is 2.08 bits per heavy atom. The smallest absolute Gasteiger partial charge is 0.410 e. The van der Waals surface area contributed by atoms with E-state index in [1.54, 1.807) is 23.4 Å². The van der Waals surface area contributed by atoms with Gasteiger partial charge in [0.1, 0.15) is 17.5 Å². The van der Waals surface area contributed by atoms with E-state index in [4.69, 9.17) is 9.47 Å². The number of ether oxygens (including phenoxy) is 2. The van der Waals surface area contributed by atoms with Crippen molar-refractivity contribution in [1.29, 1.82) is 0 Å². The Hall–Kier alpha value is -1.82. The van der Waals surface area contributed by atoms with Gasteiger partial charge in [-0.2, -0.15) is 0 Å². The molecule has 1 aliphatic carbocycles. The molecule has 1 saturated heterocycles. The lowest BCUT2D eigenvalue weighted by Gasteiger charge is -2.39. The fraction of sp³-hybridized carbons (Fsp3) is 0.684. The number of carbonyl (C=O) groups is 1. The number of amides is 1. The lowest BCUT2D eigenvalue weighted by molar-refractivity contribution is -0.0175. The molecule has 2 atom stereocenters. The Morgan fingerprint density at radius 1 is 1.32 bits per heavy atom. The molecule has 6 heteroatoms. The topological polar surface area (TPSA) is 71.9 Å². The maximum absolute atomic E-state index is 12.6. The number of hydrogen-bond acceptors (Lipinski definition) is 5. The third-order valence-electron chi connectivity index (χ3n) is 4.49. The number of aliphatic hydroxyl groups is 1. The van der Waals surface area contributed by atoms with Crippen molar-refractivity contribution in [2.24, 2.45) is 0 Å². The van der Waals surface area contributed by atoms with Gasteiger partial charge in [0.15, 0.2) is 0 Å². The van der Waals surface area contributed by atoms with Crippen LogP contribution in [0, 0.1) is 0 Å². The molecule has 2 aliphatic rings. The first kappa shape index (κ1) is 18.0. The van der Waals surface area contributed by atoms with Crippen molar-refractivity contribution in [3.63, 3.8) is 0 Å². The molecule has 0 radical (unpaired) electrons. The fourth-order valence-electron chi connectivity index (χ4n) is 3.13. The summed E-state index contributed by atoms with van der Waals surface area (Å²) in [7, 11) is 0. The summed E-state index contributed by atoms with van der Waals surface area (Å²) in [5.41, 5.74) is 0.0911. The van der Waals surface area contributed by atoms with Gasteiger partial charge in [-0.05, 0) is 58.9 Å². The summed E-state index contributed by atoms with van der Waals surface area (Å²) in [6.07, 6.45) is 7.06. The van der Waals surface area contributed by atoms with Crippen molar-refractivity contribution in [1.82, 2.24) is 9.88 Å². The Balaban J connectivity index is 1.79. The fourth-order valence-corrected chi connectivity index (χ4v) is 3.13. The predicted molar refractivity (Wildman–Crippen MR) is 93.4 cm³/mol. The summed E-state index contributed by atoms with van der Waals surface area (Å²) in [5.74, 6) is 0.666. The summed E-state index contributed by atoms with van der Waals surface area (Å²) in [6.45, 7) is 6.14. The average molecular weight is 348 g/mol. The SMILES string of the molecule is CC(C)(C)OC(=O)N1CCCC[C@@H]1C(O)c1cnccc1OC1CC1. The number of nitrogens with zero attached hydrogens (tertiary/aromatic N) is 2. The van der Waals surface area contributed by atoms with Crippen molar-refractivity contribution >= 4 is 6.09 Å². The van der Waals surface area contributed by atoms with Gasteiger partial charge in [0.2, 0.25) is 0 Å².